The van der Waals surface area contributed by atoms with Gasteiger partial charge in [0.1, 0.15) is 16.7 Å². The first-order valence-electron chi connectivity index (χ1n) is 13.1. The Balaban J connectivity index is 1.44. The van der Waals surface area contributed by atoms with Gasteiger partial charge in [-0.1, -0.05) is 35.5 Å². The van der Waals surface area contributed by atoms with E-state index in [0.717, 1.165) is 28.8 Å². The quantitative estimate of drug-likeness (QED) is 0.372. The smallest absolute Gasteiger partial charge is 0.306 e. The van der Waals surface area contributed by atoms with Crippen molar-refractivity contribution >= 4 is 16.7 Å². The lowest BCUT2D eigenvalue weighted by Gasteiger charge is -2.42. The van der Waals surface area contributed by atoms with Crippen LogP contribution in [0.15, 0.2) is 53.6 Å². The molecule has 2 heterocycles. The number of esters is 1. The van der Waals surface area contributed by atoms with Gasteiger partial charge in [0.2, 0.25) is 0 Å². The molecule has 1 aromatic heterocycles. The van der Waals surface area contributed by atoms with Crippen LogP contribution in [0, 0.1) is 12.8 Å². The maximum Gasteiger partial charge on any atom is 0.306 e. The van der Waals surface area contributed by atoms with Crippen molar-refractivity contribution in [2.45, 2.75) is 63.0 Å². The number of aryl methyl sites for hydroxylation is 2. The molecule has 3 aromatic rings. The Morgan fingerprint density at radius 3 is 2.79 bits per heavy atom. The lowest BCUT2D eigenvalue weighted by molar-refractivity contribution is -0.143. The number of rotatable bonds is 8. The monoisotopic (exact) mass is 540 g/mol. The van der Waals surface area contributed by atoms with Crippen LogP contribution in [-0.2, 0) is 23.1 Å². The molecular weight excluding hydrogens is 504 g/mol. The summed E-state index contributed by atoms with van der Waals surface area (Å²) in [5, 5.41) is 8.39. The molecule has 5 rings (SSSR count). The van der Waals surface area contributed by atoms with E-state index in [1.54, 1.807) is 27.2 Å². The molecule has 1 aliphatic heterocycles. The number of nitrogens with zero attached hydrogens (tertiary/aromatic N) is 4. The van der Waals surface area contributed by atoms with Crippen LogP contribution in [0.4, 0.5) is 0 Å². The first kappa shape index (κ1) is 26.7. The standard InChI is InChI=1S/C28H36N4O5S/c1-5-36-28(33)14-22(23-13-24(23)25-17-31(4)30-29-25)20-11-10-18(2)21(12-20)16-32-15-19(3)37-26-8-6-7-9-27(26)38(32,34)35/h6-12,17,19,22-24,34-35H,5,13-16H2,1-4H3. The minimum atomic E-state index is -3.26. The van der Waals surface area contributed by atoms with Crippen LogP contribution in [0.1, 0.15) is 60.9 Å². The number of hydrogen-bond acceptors (Lipinski definition) is 8. The summed E-state index contributed by atoms with van der Waals surface area (Å²) in [6.45, 7) is 6.83. The summed E-state index contributed by atoms with van der Waals surface area (Å²) < 4.78 is 37.5. The van der Waals surface area contributed by atoms with E-state index < -0.39 is 10.8 Å². The molecule has 2 N–H and O–H groups in total. The van der Waals surface area contributed by atoms with Gasteiger partial charge in [0.15, 0.2) is 0 Å². The van der Waals surface area contributed by atoms with Gasteiger partial charge < -0.3 is 9.47 Å². The van der Waals surface area contributed by atoms with E-state index >= 15 is 0 Å². The molecule has 1 fully saturated rings. The predicted octanol–water partition coefficient (Wildman–Crippen LogP) is 5.27. The third-order valence-corrected chi connectivity index (χ3v) is 9.42. The molecule has 10 heteroatoms. The zero-order chi connectivity index (χ0) is 27.0. The average Bonchev–Trinajstić information content (AvgIpc) is 3.56. The van der Waals surface area contributed by atoms with E-state index in [2.05, 4.69) is 28.5 Å². The molecule has 4 atom stereocenters. The molecule has 9 nitrogen and oxygen atoms in total. The Kier molecular flexibility index (Phi) is 7.50. The SMILES string of the molecule is CCOC(=O)CC(c1ccc(C)c(CN2CC(C)Oc3ccccc3S2(O)O)c1)C1CC1c1cn(C)nn1. The minimum absolute atomic E-state index is 0.0344. The molecule has 2 aliphatic rings. The number of para-hydroxylation sites is 1. The largest absolute Gasteiger partial charge is 0.487 e. The molecule has 0 spiro atoms. The number of carbonyl (C=O) groups is 1. The fourth-order valence-electron chi connectivity index (χ4n) is 5.44. The van der Waals surface area contributed by atoms with E-state index in [1.807, 2.05) is 40.1 Å². The third kappa shape index (κ3) is 5.44. The van der Waals surface area contributed by atoms with Crippen LogP contribution >= 0.6 is 10.8 Å². The highest BCUT2D eigenvalue weighted by molar-refractivity contribution is 8.22. The molecule has 0 amide bonds. The van der Waals surface area contributed by atoms with Crippen molar-refractivity contribution < 1.29 is 23.4 Å². The zero-order valence-electron chi connectivity index (χ0n) is 22.3. The number of fused-ring (bicyclic) bond motifs is 1. The molecule has 38 heavy (non-hydrogen) atoms. The highest BCUT2D eigenvalue weighted by atomic mass is 32.3. The van der Waals surface area contributed by atoms with Crippen molar-refractivity contribution in [2.75, 3.05) is 13.2 Å². The van der Waals surface area contributed by atoms with Crippen molar-refractivity contribution in [2.24, 2.45) is 13.0 Å². The Labute approximate surface area is 225 Å². The molecule has 4 unspecified atom stereocenters. The predicted molar refractivity (Wildman–Crippen MR) is 145 cm³/mol. The minimum Gasteiger partial charge on any atom is -0.487 e. The van der Waals surface area contributed by atoms with Crippen LogP contribution in [0.25, 0.3) is 0 Å². The fraction of sp³-hybridized carbons (Fsp3) is 0.464. The second kappa shape index (κ2) is 10.7. The highest BCUT2D eigenvalue weighted by Gasteiger charge is 2.47. The number of hydrogen-bond donors (Lipinski definition) is 2. The van der Waals surface area contributed by atoms with Gasteiger partial charge in [-0.2, -0.15) is 4.31 Å². The molecule has 0 bridgehead atoms. The summed E-state index contributed by atoms with van der Waals surface area (Å²) >= 11 is 0. The summed E-state index contributed by atoms with van der Waals surface area (Å²) in [5.74, 6) is 0.762. The van der Waals surface area contributed by atoms with Gasteiger partial charge in [0.25, 0.3) is 0 Å². The van der Waals surface area contributed by atoms with Gasteiger partial charge in [-0.15, -0.1) is 15.9 Å². The average molecular weight is 541 g/mol. The van der Waals surface area contributed by atoms with E-state index in [-0.39, 0.29) is 36.2 Å². The second-order valence-corrected chi connectivity index (χ2v) is 12.3. The van der Waals surface area contributed by atoms with E-state index in [4.69, 9.17) is 9.47 Å². The van der Waals surface area contributed by atoms with Gasteiger partial charge in [-0.05, 0) is 67.9 Å². The van der Waals surface area contributed by atoms with E-state index in [9.17, 15) is 13.9 Å². The summed E-state index contributed by atoms with van der Waals surface area (Å²) in [6.07, 6.45) is 2.95. The maximum absolute atomic E-state index is 12.6. The molecule has 2 aromatic carbocycles. The summed E-state index contributed by atoms with van der Waals surface area (Å²) in [6, 6.07) is 13.4. The van der Waals surface area contributed by atoms with Crippen molar-refractivity contribution in [3.63, 3.8) is 0 Å². The Hall–Kier alpha value is -2.92. The van der Waals surface area contributed by atoms with Crippen LogP contribution < -0.4 is 4.74 Å². The van der Waals surface area contributed by atoms with Crippen molar-refractivity contribution in [1.82, 2.24) is 19.3 Å². The summed E-state index contributed by atoms with van der Waals surface area (Å²) in [5.41, 5.74) is 4.03. The van der Waals surface area contributed by atoms with Gasteiger partial charge in [-0.3, -0.25) is 18.6 Å². The first-order chi connectivity index (χ1) is 18.2. The topological polar surface area (TPSA) is 110 Å². The van der Waals surface area contributed by atoms with Crippen LogP contribution in [0.2, 0.25) is 0 Å². The van der Waals surface area contributed by atoms with Crippen LogP contribution in [0.5, 0.6) is 5.75 Å². The Morgan fingerprint density at radius 1 is 1.26 bits per heavy atom. The van der Waals surface area contributed by atoms with Crippen LogP contribution in [-0.4, -0.2) is 53.6 Å². The third-order valence-electron chi connectivity index (χ3n) is 7.49. The normalized spacial score (nSPS) is 24.0. The van der Waals surface area contributed by atoms with Gasteiger partial charge in [0, 0.05) is 25.7 Å². The lowest BCUT2D eigenvalue weighted by Crippen LogP contribution is -2.33. The number of ether oxygens (including phenoxy) is 2. The van der Waals surface area contributed by atoms with Crippen LogP contribution in [0.3, 0.4) is 0 Å². The summed E-state index contributed by atoms with van der Waals surface area (Å²) in [7, 11) is -1.40. The molecule has 0 saturated heterocycles. The highest BCUT2D eigenvalue weighted by Crippen LogP contribution is 2.58. The molecular formula is C28H36N4O5S. The lowest BCUT2D eigenvalue weighted by atomic mass is 9.87. The molecule has 1 saturated carbocycles. The molecule has 1 aliphatic carbocycles. The molecule has 204 valence electrons. The molecule has 0 radical (unpaired) electrons. The Morgan fingerprint density at radius 2 is 2.05 bits per heavy atom. The van der Waals surface area contributed by atoms with Crippen molar-refractivity contribution in [3.05, 3.63) is 71.0 Å². The van der Waals surface area contributed by atoms with Crippen molar-refractivity contribution in [1.29, 1.82) is 0 Å². The van der Waals surface area contributed by atoms with E-state index in [1.165, 1.54) is 0 Å². The van der Waals surface area contributed by atoms with Gasteiger partial charge in [0.05, 0.1) is 25.3 Å². The van der Waals surface area contributed by atoms with Crippen molar-refractivity contribution in [3.8, 4) is 5.75 Å². The van der Waals surface area contributed by atoms with E-state index in [0.29, 0.717) is 30.3 Å². The van der Waals surface area contributed by atoms with Gasteiger partial charge in [-0.25, -0.2) is 0 Å². The zero-order valence-corrected chi connectivity index (χ0v) is 23.1. The second-order valence-electron chi connectivity index (χ2n) is 10.3. The number of aromatic nitrogens is 3. The Bertz CT molecular complexity index is 1310. The summed E-state index contributed by atoms with van der Waals surface area (Å²) in [4.78, 5) is 13.0. The number of carbonyl (C=O) groups excluding carboxylic acids is 1. The first-order valence-corrected chi connectivity index (χ1v) is 14.6. The maximum atomic E-state index is 12.6. The fourth-order valence-corrected chi connectivity index (χ4v) is 7.11. The van der Waals surface area contributed by atoms with Gasteiger partial charge >= 0.3 is 5.97 Å². The number of benzene rings is 2.